The van der Waals surface area contributed by atoms with Crippen LogP contribution in [-0.4, -0.2) is 42.8 Å². The normalized spacial score (nSPS) is 11.1. The maximum absolute atomic E-state index is 13.4. The number of para-hydroxylation sites is 1. The van der Waals surface area contributed by atoms with Gasteiger partial charge in [0.05, 0.1) is 15.4 Å². The number of amides is 3. The Kier molecular flexibility index (Phi) is 13.4. The molecule has 0 atom stereocenters. The molecule has 0 aliphatic rings. The van der Waals surface area contributed by atoms with E-state index in [-0.39, 0.29) is 29.1 Å². The molecule has 0 spiro atoms. The second kappa shape index (κ2) is 18.1. The summed E-state index contributed by atoms with van der Waals surface area (Å²) in [4.78, 5) is 47.8. The number of nitro benzene ring substituents is 1. The van der Waals surface area contributed by atoms with Gasteiger partial charge in [-0.05, 0) is 73.4 Å². The van der Waals surface area contributed by atoms with Gasteiger partial charge in [0.1, 0.15) is 17.2 Å². The van der Waals surface area contributed by atoms with Crippen molar-refractivity contribution in [3.63, 3.8) is 0 Å². The monoisotopic (exact) mass is 715 g/mol. The molecule has 0 bridgehead atoms. The van der Waals surface area contributed by atoms with Crippen molar-refractivity contribution in [2.24, 2.45) is 0 Å². The van der Waals surface area contributed by atoms with Crippen molar-refractivity contribution in [3.8, 4) is 11.5 Å². The van der Waals surface area contributed by atoms with E-state index in [4.69, 9.17) is 9.94 Å². The molecule has 15 heteroatoms. The molecule has 51 heavy (non-hydrogen) atoms. The third-order valence-electron chi connectivity index (χ3n) is 7.54. The molecule has 4 aromatic rings. The number of rotatable bonds is 17. The Morgan fingerprint density at radius 2 is 1.63 bits per heavy atom. The smallest absolute Gasteiger partial charge is 0.293 e. The number of anilines is 2. The van der Waals surface area contributed by atoms with Gasteiger partial charge in [-0.15, -0.1) is 0 Å². The van der Waals surface area contributed by atoms with Crippen LogP contribution in [0.25, 0.3) is 6.08 Å². The van der Waals surface area contributed by atoms with Gasteiger partial charge in [-0.25, -0.2) is 18.6 Å². The highest BCUT2D eigenvalue weighted by atomic mass is 32.2. The van der Waals surface area contributed by atoms with Crippen LogP contribution in [0.3, 0.4) is 0 Å². The second-order valence-corrected chi connectivity index (χ2v) is 13.0. The van der Waals surface area contributed by atoms with E-state index in [1.807, 2.05) is 35.9 Å². The summed E-state index contributed by atoms with van der Waals surface area (Å²) >= 11 is 0. The van der Waals surface area contributed by atoms with Crippen LogP contribution >= 0.6 is 0 Å². The summed E-state index contributed by atoms with van der Waals surface area (Å²) in [6, 6.07) is 23.3. The minimum Gasteiger partial charge on any atom is -0.456 e. The molecule has 0 aliphatic carbocycles. The number of benzene rings is 4. The van der Waals surface area contributed by atoms with Crippen LogP contribution in [0.1, 0.15) is 53.6 Å². The van der Waals surface area contributed by atoms with Crippen LogP contribution in [0.2, 0.25) is 0 Å². The zero-order valence-electron chi connectivity index (χ0n) is 27.6. The van der Waals surface area contributed by atoms with Gasteiger partial charge in [-0.3, -0.25) is 29.7 Å². The fourth-order valence-corrected chi connectivity index (χ4v) is 5.85. The lowest BCUT2D eigenvalue weighted by Crippen LogP contribution is -2.31. The first-order valence-electron chi connectivity index (χ1n) is 15.9. The molecule has 0 fully saturated rings. The number of nitrogens with zero attached hydrogens (tertiary/aromatic N) is 1. The van der Waals surface area contributed by atoms with E-state index in [1.165, 1.54) is 30.3 Å². The number of carbonyl (C=O) groups is 3. The Hall–Kier alpha value is -6.06. The summed E-state index contributed by atoms with van der Waals surface area (Å²) in [6.45, 7) is 2.26. The summed E-state index contributed by atoms with van der Waals surface area (Å²) in [6.07, 6.45) is 5.81. The van der Waals surface area contributed by atoms with Crippen LogP contribution in [0, 0.1) is 17.0 Å². The van der Waals surface area contributed by atoms with E-state index in [0.29, 0.717) is 38.0 Å². The molecule has 3 amide bonds. The lowest BCUT2D eigenvalue weighted by molar-refractivity contribution is -0.384. The van der Waals surface area contributed by atoms with Gasteiger partial charge < -0.3 is 15.4 Å². The van der Waals surface area contributed by atoms with Gasteiger partial charge >= 0.3 is 0 Å². The predicted molar refractivity (Wildman–Crippen MR) is 191 cm³/mol. The topological polar surface area (TPSA) is 206 Å². The molecule has 0 aliphatic heterocycles. The number of hydrogen-bond donors (Lipinski definition) is 5. The van der Waals surface area contributed by atoms with Gasteiger partial charge in [-0.2, -0.15) is 0 Å². The van der Waals surface area contributed by atoms with E-state index >= 15 is 0 Å². The van der Waals surface area contributed by atoms with Gasteiger partial charge in [-0.1, -0.05) is 55.3 Å². The fourth-order valence-electron chi connectivity index (χ4n) is 4.87. The Bertz CT molecular complexity index is 2020. The molecule has 266 valence electrons. The zero-order valence-corrected chi connectivity index (χ0v) is 28.4. The van der Waals surface area contributed by atoms with Gasteiger partial charge in [0, 0.05) is 36.9 Å². The Morgan fingerprint density at radius 1 is 0.902 bits per heavy atom. The molecular formula is C36H37N5O9S. The van der Waals surface area contributed by atoms with Crippen LogP contribution in [0.4, 0.5) is 17.1 Å². The Labute approximate surface area is 294 Å². The van der Waals surface area contributed by atoms with Crippen molar-refractivity contribution in [2.45, 2.75) is 43.9 Å². The van der Waals surface area contributed by atoms with Crippen molar-refractivity contribution in [3.05, 3.63) is 124 Å². The minimum atomic E-state index is -4.60. The number of unbranched alkanes of at least 4 members (excludes halogenated alkanes) is 3. The molecule has 14 nitrogen and oxygen atoms in total. The van der Waals surface area contributed by atoms with E-state index in [2.05, 4.69) is 10.6 Å². The molecule has 0 radical (unpaired) electrons. The predicted octanol–water partition coefficient (Wildman–Crippen LogP) is 6.33. The van der Waals surface area contributed by atoms with Gasteiger partial charge in [0.2, 0.25) is 11.8 Å². The highest BCUT2D eigenvalue weighted by molar-refractivity contribution is 7.90. The standard InChI is InChI=1S/C36H37N5O9S/c1-25-11-8-9-12-26(25)16-21-34(42)38-27-17-19-30(33(23-27)50-28-13-5-4-6-14-28)36(44)40-51(48,49)29-18-20-31(32(24-29)41(46)47)37-22-10-3-2-7-15-35(43)39-45/h4-6,8-9,11-14,16-21,23-24,37,45H,2-3,7,10,15,22H2,1H3,(H,38,42)(H,39,43)(H,40,44). The van der Waals surface area contributed by atoms with E-state index in [9.17, 15) is 32.9 Å². The number of aryl methyl sites for hydroxylation is 1. The van der Waals surface area contributed by atoms with Crippen LogP contribution < -0.4 is 25.6 Å². The molecular weight excluding hydrogens is 678 g/mol. The van der Waals surface area contributed by atoms with Crippen LogP contribution in [-0.2, 0) is 19.6 Å². The lowest BCUT2D eigenvalue weighted by Gasteiger charge is -2.14. The first kappa shape index (κ1) is 37.8. The SMILES string of the molecule is Cc1ccccc1C=CC(=O)Nc1ccc(C(=O)NS(=O)(=O)c2ccc(NCCCCCCC(=O)NO)c([N+](=O)[O-])c2)c(Oc2ccccc2)c1. The maximum atomic E-state index is 13.4. The molecule has 0 saturated heterocycles. The quantitative estimate of drug-likeness (QED) is 0.0270. The molecule has 5 N–H and O–H groups in total. The van der Waals surface area contributed by atoms with E-state index in [1.54, 1.807) is 41.9 Å². The average Bonchev–Trinajstić information content (AvgIpc) is 3.11. The third kappa shape index (κ3) is 11.2. The van der Waals surface area contributed by atoms with Crippen LogP contribution in [0.15, 0.2) is 102 Å². The van der Waals surface area contributed by atoms with Crippen molar-refractivity contribution in [1.29, 1.82) is 0 Å². The van der Waals surface area contributed by atoms with E-state index in [0.717, 1.165) is 23.3 Å². The lowest BCUT2D eigenvalue weighted by atomic mass is 10.1. The number of hydrogen-bond acceptors (Lipinski definition) is 10. The molecule has 0 aromatic heterocycles. The number of hydroxylamine groups is 1. The number of nitrogens with one attached hydrogen (secondary N) is 4. The van der Waals surface area contributed by atoms with Gasteiger partial charge in [0.25, 0.3) is 21.6 Å². The molecule has 4 rings (SSSR count). The average molecular weight is 716 g/mol. The molecule has 0 saturated carbocycles. The highest BCUT2D eigenvalue weighted by Gasteiger charge is 2.25. The maximum Gasteiger partial charge on any atom is 0.293 e. The summed E-state index contributed by atoms with van der Waals surface area (Å²) in [5.41, 5.74) is 3.09. The third-order valence-corrected chi connectivity index (χ3v) is 8.87. The zero-order chi connectivity index (χ0) is 36.8. The minimum absolute atomic E-state index is 0.0585. The summed E-state index contributed by atoms with van der Waals surface area (Å²) in [5.74, 6) is -1.72. The summed E-state index contributed by atoms with van der Waals surface area (Å²) < 4.78 is 34.5. The van der Waals surface area contributed by atoms with Crippen molar-refractivity contribution >= 4 is 50.9 Å². The Balaban J connectivity index is 1.48. The first-order chi connectivity index (χ1) is 24.5. The largest absolute Gasteiger partial charge is 0.456 e. The first-order valence-corrected chi connectivity index (χ1v) is 17.4. The number of ether oxygens (including phenoxy) is 1. The second-order valence-electron chi connectivity index (χ2n) is 11.3. The molecule has 4 aromatic carbocycles. The van der Waals surface area contributed by atoms with E-state index < -0.39 is 43.3 Å². The number of sulfonamides is 1. The van der Waals surface area contributed by atoms with Crippen LogP contribution in [0.5, 0.6) is 11.5 Å². The van der Waals surface area contributed by atoms with Crippen molar-refractivity contribution < 1.29 is 37.7 Å². The summed E-state index contributed by atoms with van der Waals surface area (Å²) in [5, 5.41) is 26.0. The highest BCUT2D eigenvalue weighted by Crippen LogP contribution is 2.31. The van der Waals surface area contributed by atoms with Gasteiger partial charge in [0.15, 0.2) is 0 Å². The molecule has 0 heterocycles. The summed E-state index contributed by atoms with van der Waals surface area (Å²) in [7, 11) is -4.60. The Morgan fingerprint density at radius 3 is 2.35 bits per heavy atom. The van der Waals surface area contributed by atoms with Crippen molar-refractivity contribution in [2.75, 3.05) is 17.2 Å². The number of nitro groups is 1. The molecule has 0 unspecified atom stereocenters. The fraction of sp³-hybridized carbons (Fsp3) is 0.194. The van der Waals surface area contributed by atoms with Crippen molar-refractivity contribution in [1.82, 2.24) is 10.2 Å². The number of carbonyl (C=O) groups excluding carboxylic acids is 3.